The molecule has 166 valence electrons. The number of benzene rings is 1. The van der Waals surface area contributed by atoms with E-state index in [9.17, 15) is 4.79 Å². The lowest BCUT2D eigenvalue weighted by molar-refractivity contribution is -0.124. The number of carbonyl (C=O) groups excluding carboxylic acids is 1. The summed E-state index contributed by atoms with van der Waals surface area (Å²) in [5, 5.41) is 12.0. The van der Waals surface area contributed by atoms with Crippen LogP contribution in [-0.4, -0.2) is 50.6 Å². The van der Waals surface area contributed by atoms with Gasteiger partial charge in [-0.15, -0.1) is 0 Å². The molecule has 0 aliphatic carbocycles. The van der Waals surface area contributed by atoms with E-state index in [1.54, 1.807) is 30.2 Å². The average Bonchev–Trinajstić information content (AvgIpc) is 3.29. The Bertz CT molecular complexity index is 1220. The summed E-state index contributed by atoms with van der Waals surface area (Å²) in [6, 6.07) is 12.7. The van der Waals surface area contributed by atoms with E-state index in [-0.39, 0.29) is 23.5 Å². The van der Waals surface area contributed by atoms with Crippen LogP contribution in [-0.2, 0) is 4.79 Å². The van der Waals surface area contributed by atoms with Crippen LogP contribution < -0.4 is 15.8 Å². The molecule has 1 amide bonds. The van der Waals surface area contributed by atoms with Crippen LogP contribution in [0, 0.1) is 17.3 Å². The molecule has 3 aromatic rings. The number of nitrogens with zero attached hydrogens (tertiary/aromatic N) is 4. The van der Waals surface area contributed by atoms with Crippen molar-refractivity contribution in [3.63, 3.8) is 0 Å². The van der Waals surface area contributed by atoms with Gasteiger partial charge in [-0.05, 0) is 37.5 Å². The van der Waals surface area contributed by atoms with Gasteiger partial charge in [-0.25, -0.2) is 15.0 Å². The Labute approximate surface area is 191 Å². The quantitative estimate of drug-likeness (QED) is 0.396. The molecular weight excluding hydrogens is 418 g/mol. The zero-order valence-corrected chi connectivity index (χ0v) is 18.1. The summed E-state index contributed by atoms with van der Waals surface area (Å²) in [4.78, 5) is 26.4. The first kappa shape index (κ1) is 21.8. The molecule has 1 saturated heterocycles. The third-order valence-electron chi connectivity index (χ3n) is 5.17. The number of ether oxygens (including phenoxy) is 1. The van der Waals surface area contributed by atoms with Crippen LogP contribution in [0.25, 0.3) is 0 Å². The molecule has 9 nitrogen and oxygen atoms in total. The molecule has 1 aromatic carbocycles. The lowest BCUT2D eigenvalue weighted by Crippen LogP contribution is -2.31. The second-order valence-corrected chi connectivity index (χ2v) is 7.41. The van der Waals surface area contributed by atoms with E-state index in [4.69, 9.17) is 15.9 Å². The number of pyridine rings is 1. The van der Waals surface area contributed by atoms with Crippen molar-refractivity contribution in [2.75, 3.05) is 24.1 Å². The molecule has 3 heterocycles. The number of para-hydroxylation sites is 1. The van der Waals surface area contributed by atoms with Crippen molar-refractivity contribution in [1.82, 2.24) is 19.9 Å². The van der Waals surface area contributed by atoms with Gasteiger partial charge in [0.15, 0.2) is 0 Å². The van der Waals surface area contributed by atoms with Crippen LogP contribution in [0.3, 0.4) is 0 Å². The molecule has 2 aromatic heterocycles. The predicted octanol–water partition coefficient (Wildman–Crippen LogP) is 2.70. The smallest absolute Gasteiger partial charge is 0.298 e. The Hall–Kier alpha value is -4.45. The van der Waals surface area contributed by atoms with Crippen molar-refractivity contribution in [1.29, 1.82) is 5.41 Å². The van der Waals surface area contributed by atoms with Crippen LogP contribution in [0.1, 0.15) is 24.5 Å². The average molecular weight is 441 g/mol. The van der Waals surface area contributed by atoms with E-state index in [0.29, 0.717) is 41.7 Å². The Morgan fingerprint density at radius 2 is 2.03 bits per heavy atom. The second-order valence-electron chi connectivity index (χ2n) is 7.41. The van der Waals surface area contributed by atoms with Gasteiger partial charge >= 0.3 is 0 Å². The Balaban J connectivity index is 1.50. The summed E-state index contributed by atoms with van der Waals surface area (Å²) < 4.78 is 5.72. The number of nitrogen functional groups attached to an aromatic ring is 1. The standard InChI is InChI=1S/C24H23N7O2/c1-2-6-20(32)31-12-11-17(14-31)30-24-21(23(26)28-15-29-24)22(25)16-9-10-19(27-13-16)33-18-7-4-3-5-8-18/h3-5,7-10,13,15,17,25H,11-12,14H2,1H3,(H3,26,28,29,30). The van der Waals surface area contributed by atoms with Crippen molar-refractivity contribution in [2.24, 2.45) is 0 Å². The number of aromatic nitrogens is 3. The van der Waals surface area contributed by atoms with Crippen LogP contribution in [0.4, 0.5) is 11.6 Å². The molecular formula is C24H23N7O2. The molecule has 9 heteroatoms. The van der Waals surface area contributed by atoms with E-state index < -0.39 is 0 Å². The zero-order chi connectivity index (χ0) is 23.2. The number of nitrogens with one attached hydrogen (secondary N) is 2. The van der Waals surface area contributed by atoms with E-state index in [2.05, 4.69) is 32.1 Å². The molecule has 1 atom stereocenters. The molecule has 1 aliphatic heterocycles. The van der Waals surface area contributed by atoms with Gasteiger partial charge in [0, 0.05) is 37.0 Å². The van der Waals surface area contributed by atoms with Gasteiger partial charge in [-0.3, -0.25) is 10.2 Å². The Kier molecular flexibility index (Phi) is 6.45. The van der Waals surface area contributed by atoms with E-state index in [1.165, 1.54) is 6.33 Å². The van der Waals surface area contributed by atoms with Crippen molar-refractivity contribution in [3.8, 4) is 23.5 Å². The maximum atomic E-state index is 12.0. The van der Waals surface area contributed by atoms with Crippen LogP contribution in [0.5, 0.6) is 11.6 Å². The number of amides is 1. The molecule has 1 aliphatic rings. The van der Waals surface area contributed by atoms with Crippen LogP contribution >= 0.6 is 0 Å². The first-order valence-corrected chi connectivity index (χ1v) is 10.4. The highest BCUT2D eigenvalue weighted by atomic mass is 16.5. The summed E-state index contributed by atoms with van der Waals surface area (Å²) in [5.41, 5.74) is 7.18. The predicted molar refractivity (Wildman–Crippen MR) is 125 cm³/mol. The van der Waals surface area contributed by atoms with Crippen LogP contribution in [0.15, 0.2) is 55.0 Å². The minimum atomic E-state index is -0.194. The van der Waals surface area contributed by atoms with Crippen molar-refractivity contribution in [2.45, 2.75) is 19.4 Å². The number of hydrogen-bond donors (Lipinski definition) is 3. The van der Waals surface area contributed by atoms with Gasteiger partial charge in [0.2, 0.25) is 5.88 Å². The Morgan fingerprint density at radius 1 is 1.21 bits per heavy atom. The first-order valence-electron chi connectivity index (χ1n) is 10.4. The number of rotatable bonds is 6. The molecule has 1 fully saturated rings. The number of anilines is 2. The monoisotopic (exact) mass is 441 g/mol. The third-order valence-corrected chi connectivity index (χ3v) is 5.17. The fourth-order valence-electron chi connectivity index (χ4n) is 3.54. The highest BCUT2D eigenvalue weighted by Crippen LogP contribution is 2.25. The second kappa shape index (κ2) is 9.78. The fraction of sp³-hybridized carbons (Fsp3) is 0.208. The van der Waals surface area contributed by atoms with Crippen LogP contribution in [0.2, 0.25) is 0 Å². The summed E-state index contributed by atoms with van der Waals surface area (Å²) in [5.74, 6) is 6.72. The van der Waals surface area contributed by atoms with Gasteiger partial charge in [0.1, 0.15) is 23.7 Å². The molecule has 33 heavy (non-hydrogen) atoms. The maximum absolute atomic E-state index is 12.0. The topological polar surface area (TPSA) is 130 Å². The minimum Gasteiger partial charge on any atom is -0.439 e. The van der Waals surface area contributed by atoms with E-state index >= 15 is 0 Å². The summed E-state index contributed by atoms with van der Waals surface area (Å²) in [6.45, 7) is 2.74. The molecule has 4 rings (SSSR count). The third kappa shape index (κ3) is 5.07. The van der Waals surface area contributed by atoms with Gasteiger partial charge in [0.25, 0.3) is 5.91 Å². The summed E-state index contributed by atoms with van der Waals surface area (Å²) in [6.07, 6.45) is 3.64. The van der Waals surface area contributed by atoms with Crippen molar-refractivity contribution in [3.05, 3.63) is 66.1 Å². The molecule has 1 unspecified atom stereocenters. The molecule has 0 saturated carbocycles. The first-order chi connectivity index (χ1) is 16.0. The van der Waals surface area contributed by atoms with E-state index in [1.807, 2.05) is 30.3 Å². The summed E-state index contributed by atoms with van der Waals surface area (Å²) in [7, 11) is 0. The minimum absolute atomic E-state index is 0.0340. The molecule has 0 bridgehead atoms. The highest BCUT2D eigenvalue weighted by Gasteiger charge is 2.27. The fourth-order valence-corrected chi connectivity index (χ4v) is 3.54. The van der Waals surface area contributed by atoms with Gasteiger partial charge < -0.3 is 20.7 Å². The molecule has 0 radical (unpaired) electrons. The van der Waals surface area contributed by atoms with Crippen molar-refractivity contribution < 1.29 is 9.53 Å². The number of hydrogen-bond acceptors (Lipinski definition) is 8. The normalized spacial score (nSPS) is 14.8. The van der Waals surface area contributed by atoms with Gasteiger partial charge in [-0.2, -0.15) is 0 Å². The van der Waals surface area contributed by atoms with E-state index in [0.717, 1.165) is 6.42 Å². The molecule has 0 spiro atoms. The number of carbonyl (C=O) groups is 1. The zero-order valence-electron chi connectivity index (χ0n) is 18.1. The maximum Gasteiger partial charge on any atom is 0.298 e. The van der Waals surface area contributed by atoms with Gasteiger partial charge in [0.05, 0.1) is 11.3 Å². The number of likely N-dealkylation sites (tertiary alicyclic amines) is 1. The van der Waals surface area contributed by atoms with Gasteiger partial charge in [-0.1, -0.05) is 24.1 Å². The number of nitrogens with two attached hydrogens (primary N) is 1. The Morgan fingerprint density at radius 3 is 2.76 bits per heavy atom. The lowest BCUT2D eigenvalue weighted by Gasteiger charge is -2.18. The molecule has 4 N–H and O–H groups in total. The summed E-state index contributed by atoms with van der Waals surface area (Å²) >= 11 is 0. The SMILES string of the molecule is CC#CC(=O)N1CCC(Nc2ncnc(N)c2C(=N)c2ccc(Oc3ccccc3)nc2)C1. The highest BCUT2D eigenvalue weighted by molar-refractivity contribution is 6.16. The lowest BCUT2D eigenvalue weighted by atomic mass is 10.0. The largest absolute Gasteiger partial charge is 0.439 e. The van der Waals surface area contributed by atoms with Crippen molar-refractivity contribution >= 4 is 23.3 Å².